The van der Waals surface area contributed by atoms with Crippen LogP contribution in [0, 0.1) is 5.95 Å². The zero-order chi connectivity index (χ0) is 9.10. The van der Waals surface area contributed by atoms with Gasteiger partial charge in [-0.1, -0.05) is 6.07 Å². The van der Waals surface area contributed by atoms with E-state index in [1.165, 1.54) is 6.07 Å². The maximum absolute atomic E-state index is 12.7. The van der Waals surface area contributed by atoms with Gasteiger partial charge in [-0.3, -0.25) is 0 Å². The number of hydrogen-bond acceptors (Lipinski definition) is 3. The van der Waals surface area contributed by atoms with E-state index in [1.807, 2.05) is 0 Å². The van der Waals surface area contributed by atoms with Crippen molar-refractivity contribution in [1.82, 2.24) is 10.3 Å². The Morgan fingerprint density at radius 3 is 3.15 bits per heavy atom. The van der Waals surface area contributed by atoms with Crippen LogP contribution in [0.25, 0.3) is 0 Å². The number of pyridine rings is 1. The summed E-state index contributed by atoms with van der Waals surface area (Å²) in [4.78, 5) is 3.79. The van der Waals surface area contributed by atoms with Crippen LogP contribution in [0.4, 0.5) is 4.39 Å². The first kappa shape index (κ1) is 8.59. The van der Waals surface area contributed by atoms with E-state index in [4.69, 9.17) is 4.74 Å². The molecule has 1 aliphatic heterocycles. The maximum Gasteiger partial charge on any atom is 0.213 e. The molecule has 0 saturated carbocycles. The molecule has 1 N–H and O–H groups in total. The Kier molecular flexibility index (Phi) is 2.52. The monoisotopic (exact) mass is 182 g/mol. The van der Waals surface area contributed by atoms with Crippen LogP contribution in [0.1, 0.15) is 11.7 Å². The summed E-state index contributed by atoms with van der Waals surface area (Å²) in [6, 6.07) is 4.83. The molecule has 1 aromatic heterocycles. The average molecular weight is 182 g/mol. The van der Waals surface area contributed by atoms with Gasteiger partial charge in [0.15, 0.2) is 0 Å². The van der Waals surface area contributed by atoms with Crippen LogP contribution in [0.5, 0.6) is 0 Å². The molecule has 1 fully saturated rings. The molecule has 0 unspecified atom stereocenters. The van der Waals surface area contributed by atoms with Crippen LogP contribution in [0.2, 0.25) is 0 Å². The van der Waals surface area contributed by atoms with Crippen LogP contribution in [0.15, 0.2) is 18.2 Å². The van der Waals surface area contributed by atoms with Crippen molar-refractivity contribution >= 4 is 0 Å². The predicted molar refractivity (Wildman–Crippen MR) is 45.8 cm³/mol. The standard InChI is InChI=1S/C9H11FN2O/c10-9-3-1-2-7(12-9)8-6-13-5-4-11-8/h1-3,8,11H,4-6H2/t8-/m1/s1. The fraction of sp³-hybridized carbons (Fsp3) is 0.444. The average Bonchev–Trinajstić information content (AvgIpc) is 2.19. The highest BCUT2D eigenvalue weighted by Gasteiger charge is 2.16. The largest absolute Gasteiger partial charge is 0.378 e. The molecule has 1 aromatic rings. The van der Waals surface area contributed by atoms with Gasteiger partial charge in [0.2, 0.25) is 5.95 Å². The highest BCUT2D eigenvalue weighted by molar-refractivity contribution is 5.10. The van der Waals surface area contributed by atoms with Gasteiger partial charge in [0.05, 0.1) is 24.9 Å². The molecule has 0 aliphatic carbocycles. The Hall–Kier alpha value is -1.00. The second kappa shape index (κ2) is 3.81. The molecule has 4 heteroatoms. The summed E-state index contributed by atoms with van der Waals surface area (Å²) in [6.07, 6.45) is 0. The fourth-order valence-corrected chi connectivity index (χ4v) is 1.37. The van der Waals surface area contributed by atoms with E-state index in [9.17, 15) is 4.39 Å². The first-order chi connectivity index (χ1) is 6.36. The predicted octanol–water partition coefficient (Wildman–Crippen LogP) is 0.882. The SMILES string of the molecule is Fc1cccc([C@H]2COCCN2)n1. The summed E-state index contributed by atoms with van der Waals surface area (Å²) < 4.78 is 18.0. The molecule has 1 aliphatic rings. The van der Waals surface area contributed by atoms with Gasteiger partial charge in [-0.25, -0.2) is 4.98 Å². The molecule has 2 rings (SSSR count). The van der Waals surface area contributed by atoms with Crippen molar-refractivity contribution in [1.29, 1.82) is 0 Å². The van der Waals surface area contributed by atoms with Crippen molar-refractivity contribution in [3.05, 3.63) is 29.8 Å². The highest BCUT2D eigenvalue weighted by Crippen LogP contribution is 2.12. The third-order valence-electron chi connectivity index (χ3n) is 2.02. The molecule has 1 saturated heterocycles. The normalized spacial score (nSPS) is 23.0. The van der Waals surface area contributed by atoms with Gasteiger partial charge in [0.25, 0.3) is 0 Å². The summed E-state index contributed by atoms with van der Waals surface area (Å²) in [5.41, 5.74) is 0.708. The molecule has 2 heterocycles. The third kappa shape index (κ3) is 2.02. The van der Waals surface area contributed by atoms with Crippen molar-refractivity contribution in [3.8, 4) is 0 Å². The van der Waals surface area contributed by atoms with E-state index in [2.05, 4.69) is 10.3 Å². The van der Waals surface area contributed by atoms with Gasteiger partial charge < -0.3 is 10.1 Å². The molecule has 0 aromatic carbocycles. The lowest BCUT2D eigenvalue weighted by Crippen LogP contribution is -2.35. The Labute approximate surface area is 75.9 Å². The van der Waals surface area contributed by atoms with E-state index in [0.717, 1.165) is 6.54 Å². The van der Waals surface area contributed by atoms with E-state index < -0.39 is 5.95 Å². The molecule has 1 atom stereocenters. The number of ether oxygens (including phenoxy) is 1. The topological polar surface area (TPSA) is 34.1 Å². The van der Waals surface area contributed by atoms with Gasteiger partial charge in [-0.2, -0.15) is 4.39 Å². The number of morpholine rings is 1. The number of nitrogens with one attached hydrogen (secondary N) is 1. The van der Waals surface area contributed by atoms with Gasteiger partial charge in [-0.05, 0) is 12.1 Å². The van der Waals surface area contributed by atoms with Crippen molar-refractivity contribution in [3.63, 3.8) is 0 Å². The molecule has 0 spiro atoms. The smallest absolute Gasteiger partial charge is 0.213 e. The minimum absolute atomic E-state index is 0.0319. The van der Waals surface area contributed by atoms with Crippen molar-refractivity contribution in [2.24, 2.45) is 0 Å². The van der Waals surface area contributed by atoms with Crippen LogP contribution in [0.3, 0.4) is 0 Å². The molecule has 0 amide bonds. The lowest BCUT2D eigenvalue weighted by Gasteiger charge is -2.23. The lowest BCUT2D eigenvalue weighted by atomic mass is 10.2. The molecular weight excluding hydrogens is 171 g/mol. The Morgan fingerprint density at radius 1 is 1.54 bits per heavy atom. The molecular formula is C9H11FN2O. The van der Waals surface area contributed by atoms with E-state index in [1.54, 1.807) is 12.1 Å². The molecule has 70 valence electrons. The van der Waals surface area contributed by atoms with Crippen molar-refractivity contribution in [2.45, 2.75) is 6.04 Å². The first-order valence-electron chi connectivity index (χ1n) is 4.30. The minimum Gasteiger partial charge on any atom is -0.378 e. The third-order valence-corrected chi connectivity index (χ3v) is 2.02. The Balaban J connectivity index is 2.14. The summed E-state index contributed by atoms with van der Waals surface area (Å²) >= 11 is 0. The highest BCUT2D eigenvalue weighted by atomic mass is 19.1. The molecule has 13 heavy (non-hydrogen) atoms. The van der Waals surface area contributed by atoms with Crippen molar-refractivity contribution in [2.75, 3.05) is 19.8 Å². The van der Waals surface area contributed by atoms with Crippen molar-refractivity contribution < 1.29 is 9.13 Å². The van der Waals surface area contributed by atoms with Gasteiger partial charge in [0.1, 0.15) is 0 Å². The van der Waals surface area contributed by atoms with E-state index in [-0.39, 0.29) is 6.04 Å². The quantitative estimate of drug-likeness (QED) is 0.655. The molecule has 0 bridgehead atoms. The van der Waals surface area contributed by atoms with Gasteiger partial charge in [-0.15, -0.1) is 0 Å². The number of hydrogen-bond donors (Lipinski definition) is 1. The maximum atomic E-state index is 12.7. The number of nitrogens with zero attached hydrogens (tertiary/aromatic N) is 1. The summed E-state index contributed by atoms with van der Waals surface area (Å²) in [5.74, 6) is -0.440. The lowest BCUT2D eigenvalue weighted by molar-refractivity contribution is 0.0754. The number of aromatic nitrogens is 1. The Morgan fingerprint density at radius 2 is 2.46 bits per heavy atom. The zero-order valence-electron chi connectivity index (χ0n) is 7.16. The van der Waals surface area contributed by atoms with Gasteiger partial charge >= 0.3 is 0 Å². The molecule has 0 radical (unpaired) electrons. The zero-order valence-corrected chi connectivity index (χ0v) is 7.16. The van der Waals surface area contributed by atoms with Crippen LogP contribution in [-0.2, 0) is 4.74 Å². The fourth-order valence-electron chi connectivity index (χ4n) is 1.37. The first-order valence-corrected chi connectivity index (χ1v) is 4.30. The van der Waals surface area contributed by atoms with Crippen LogP contribution >= 0.6 is 0 Å². The summed E-state index contributed by atoms with van der Waals surface area (Å²) in [7, 11) is 0. The Bertz CT molecular complexity index is 287. The second-order valence-corrected chi connectivity index (χ2v) is 2.97. The summed E-state index contributed by atoms with van der Waals surface area (Å²) in [5, 5.41) is 3.21. The van der Waals surface area contributed by atoms with E-state index >= 15 is 0 Å². The van der Waals surface area contributed by atoms with Gasteiger partial charge in [0, 0.05) is 6.54 Å². The number of halogens is 1. The van der Waals surface area contributed by atoms with Crippen LogP contribution in [-0.4, -0.2) is 24.7 Å². The number of rotatable bonds is 1. The molecule has 3 nitrogen and oxygen atoms in total. The van der Waals surface area contributed by atoms with E-state index in [0.29, 0.717) is 18.9 Å². The minimum atomic E-state index is -0.440. The summed E-state index contributed by atoms with van der Waals surface area (Å²) in [6.45, 7) is 2.07. The van der Waals surface area contributed by atoms with Crippen LogP contribution < -0.4 is 5.32 Å². The second-order valence-electron chi connectivity index (χ2n) is 2.97.